The normalized spacial score (nSPS) is 16.8. The maximum atomic E-state index is 12.2. The molecule has 0 amide bonds. The molecule has 114 valence electrons. The van der Waals surface area contributed by atoms with Gasteiger partial charge in [-0.25, -0.2) is 0 Å². The molecule has 0 atom stereocenters. The van der Waals surface area contributed by atoms with Gasteiger partial charge in [0.1, 0.15) is 0 Å². The number of hydrogen-bond acceptors (Lipinski definition) is 5. The Morgan fingerprint density at radius 1 is 1.14 bits per heavy atom. The van der Waals surface area contributed by atoms with Crippen LogP contribution in [0.3, 0.4) is 0 Å². The first-order valence-corrected chi connectivity index (χ1v) is 7.32. The number of hydrogen-bond donors (Lipinski definition) is 0. The van der Waals surface area contributed by atoms with Crippen molar-refractivity contribution in [3.63, 3.8) is 0 Å². The zero-order valence-electron chi connectivity index (χ0n) is 12.3. The zero-order valence-corrected chi connectivity index (χ0v) is 12.3. The number of rotatable bonds is 6. The number of nitrogens with zero attached hydrogens (tertiary/aromatic N) is 3. The van der Waals surface area contributed by atoms with Crippen LogP contribution in [0.2, 0.25) is 0 Å². The molecule has 0 aliphatic carbocycles. The first-order valence-electron chi connectivity index (χ1n) is 7.32. The standard InChI is InChI=1S/C15H21N3O3/c1-2-7-16-8-10-17(11-9-16)12-15(19)13-3-5-14(6-4-13)18(20)21/h3-6H,2,7-12H2,1H3. The van der Waals surface area contributed by atoms with E-state index in [4.69, 9.17) is 0 Å². The fourth-order valence-corrected chi connectivity index (χ4v) is 2.55. The van der Waals surface area contributed by atoms with E-state index in [1.165, 1.54) is 24.3 Å². The molecule has 1 aliphatic heterocycles. The number of non-ortho nitro benzene ring substituents is 1. The Bertz CT molecular complexity index is 493. The molecule has 0 aromatic heterocycles. The summed E-state index contributed by atoms with van der Waals surface area (Å²) < 4.78 is 0. The van der Waals surface area contributed by atoms with Crippen LogP contribution in [-0.2, 0) is 0 Å². The number of nitro groups is 1. The average molecular weight is 291 g/mol. The van der Waals surface area contributed by atoms with Crippen LogP contribution < -0.4 is 0 Å². The second kappa shape index (κ2) is 7.28. The van der Waals surface area contributed by atoms with Crippen molar-refractivity contribution in [3.8, 4) is 0 Å². The van der Waals surface area contributed by atoms with E-state index < -0.39 is 4.92 Å². The molecule has 0 saturated carbocycles. The molecule has 6 heteroatoms. The molecule has 21 heavy (non-hydrogen) atoms. The lowest BCUT2D eigenvalue weighted by Crippen LogP contribution is -2.47. The van der Waals surface area contributed by atoms with Crippen LogP contribution in [0.4, 0.5) is 5.69 Å². The topological polar surface area (TPSA) is 66.7 Å². The Balaban J connectivity index is 1.86. The molecule has 0 spiro atoms. The Labute approximate surface area is 124 Å². The summed E-state index contributed by atoms with van der Waals surface area (Å²) in [6, 6.07) is 5.83. The maximum absolute atomic E-state index is 12.2. The quantitative estimate of drug-likeness (QED) is 0.454. The van der Waals surface area contributed by atoms with E-state index in [9.17, 15) is 14.9 Å². The third-order valence-electron chi connectivity index (χ3n) is 3.77. The maximum Gasteiger partial charge on any atom is 0.269 e. The molecular formula is C15H21N3O3. The van der Waals surface area contributed by atoms with E-state index in [2.05, 4.69) is 16.7 Å². The monoisotopic (exact) mass is 291 g/mol. The summed E-state index contributed by atoms with van der Waals surface area (Å²) in [6.07, 6.45) is 1.15. The lowest BCUT2D eigenvalue weighted by molar-refractivity contribution is -0.384. The van der Waals surface area contributed by atoms with Crippen LogP contribution in [0.15, 0.2) is 24.3 Å². The van der Waals surface area contributed by atoms with E-state index in [0.717, 1.165) is 39.1 Å². The number of nitro benzene ring substituents is 1. The minimum absolute atomic E-state index is 0.0136. The first kappa shape index (κ1) is 15.6. The van der Waals surface area contributed by atoms with Crippen LogP contribution in [0, 0.1) is 10.1 Å². The molecule has 1 aliphatic rings. The molecule has 6 nitrogen and oxygen atoms in total. The number of ketones is 1. The Kier molecular flexibility index (Phi) is 5.41. The van der Waals surface area contributed by atoms with Crippen molar-refractivity contribution < 1.29 is 9.72 Å². The van der Waals surface area contributed by atoms with Crippen LogP contribution >= 0.6 is 0 Å². The summed E-state index contributed by atoms with van der Waals surface area (Å²) in [6.45, 7) is 7.48. The van der Waals surface area contributed by atoms with Crippen molar-refractivity contribution >= 4 is 11.5 Å². The molecule has 0 radical (unpaired) electrons. The summed E-state index contributed by atoms with van der Waals surface area (Å²) in [5.41, 5.74) is 0.552. The zero-order chi connectivity index (χ0) is 15.2. The van der Waals surface area contributed by atoms with E-state index >= 15 is 0 Å². The molecule has 1 fully saturated rings. The van der Waals surface area contributed by atoms with Crippen LogP contribution in [0.25, 0.3) is 0 Å². The SMILES string of the molecule is CCCN1CCN(CC(=O)c2ccc([N+](=O)[O-])cc2)CC1. The third kappa shape index (κ3) is 4.34. The van der Waals surface area contributed by atoms with Crippen LogP contribution in [0.1, 0.15) is 23.7 Å². The lowest BCUT2D eigenvalue weighted by atomic mass is 10.1. The lowest BCUT2D eigenvalue weighted by Gasteiger charge is -2.34. The largest absolute Gasteiger partial charge is 0.301 e. The highest BCUT2D eigenvalue weighted by molar-refractivity contribution is 5.97. The molecule has 1 saturated heterocycles. The van der Waals surface area contributed by atoms with Gasteiger partial charge in [0.05, 0.1) is 11.5 Å². The number of carbonyl (C=O) groups excluding carboxylic acids is 1. The third-order valence-corrected chi connectivity index (χ3v) is 3.77. The Morgan fingerprint density at radius 2 is 1.71 bits per heavy atom. The first-order chi connectivity index (χ1) is 10.1. The van der Waals surface area contributed by atoms with Crippen molar-refractivity contribution in [2.75, 3.05) is 39.3 Å². The summed E-state index contributed by atoms with van der Waals surface area (Å²) in [5, 5.41) is 10.6. The molecular weight excluding hydrogens is 270 g/mol. The summed E-state index contributed by atoms with van der Waals surface area (Å²) >= 11 is 0. The average Bonchev–Trinajstić information content (AvgIpc) is 2.49. The predicted octanol–water partition coefficient (Wildman–Crippen LogP) is 1.81. The molecule has 0 unspecified atom stereocenters. The summed E-state index contributed by atoms with van der Waals surface area (Å²) in [4.78, 5) is 26.9. The fourth-order valence-electron chi connectivity index (χ4n) is 2.55. The summed E-state index contributed by atoms with van der Waals surface area (Å²) in [7, 11) is 0. The minimum atomic E-state index is -0.457. The van der Waals surface area contributed by atoms with Gasteiger partial charge in [0.2, 0.25) is 0 Å². The van der Waals surface area contributed by atoms with E-state index in [-0.39, 0.29) is 11.5 Å². The molecule has 1 aromatic rings. The van der Waals surface area contributed by atoms with Crippen molar-refractivity contribution in [1.29, 1.82) is 0 Å². The second-order valence-electron chi connectivity index (χ2n) is 5.34. The smallest absolute Gasteiger partial charge is 0.269 e. The van der Waals surface area contributed by atoms with E-state index in [0.29, 0.717) is 12.1 Å². The van der Waals surface area contributed by atoms with Crippen LogP contribution in [-0.4, -0.2) is 59.8 Å². The molecule has 2 rings (SSSR count). The van der Waals surface area contributed by atoms with Gasteiger partial charge >= 0.3 is 0 Å². The van der Waals surface area contributed by atoms with Gasteiger partial charge in [0, 0.05) is 43.9 Å². The Hall–Kier alpha value is -1.79. The number of carbonyl (C=O) groups is 1. The van der Waals surface area contributed by atoms with Crippen molar-refractivity contribution in [2.24, 2.45) is 0 Å². The highest BCUT2D eigenvalue weighted by Gasteiger charge is 2.19. The highest BCUT2D eigenvalue weighted by Crippen LogP contribution is 2.13. The number of benzene rings is 1. The fraction of sp³-hybridized carbons (Fsp3) is 0.533. The molecule has 0 bridgehead atoms. The van der Waals surface area contributed by atoms with Gasteiger partial charge < -0.3 is 4.90 Å². The molecule has 1 aromatic carbocycles. The van der Waals surface area contributed by atoms with Gasteiger partial charge in [-0.2, -0.15) is 0 Å². The van der Waals surface area contributed by atoms with Crippen molar-refractivity contribution in [2.45, 2.75) is 13.3 Å². The minimum Gasteiger partial charge on any atom is -0.301 e. The number of piperazine rings is 1. The van der Waals surface area contributed by atoms with Gasteiger partial charge in [-0.15, -0.1) is 0 Å². The van der Waals surface area contributed by atoms with E-state index in [1.54, 1.807) is 0 Å². The van der Waals surface area contributed by atoms with Crippen molar-refractivity contribution in [1.82, 2.24) is 9.80 Å². The van der Waals surface area contributed by atoms with E-state index in [1.807, 2.05) is 0 Å². The predicted molar refractivity (Wildman–Crippen MR) is 80.6 cm³/mol. The number of Topliss-reactive ketones (excluding diaryl/α,β-unsaturated/α-hetero) is 1. The molecule has 1 heterocycles. The molecule has 0 N–H and O–H groups in total. The van der Waals surface area contributed by atoms with Gasteiger partial charge in [-0.3, -0.25) is 19.8 Å². The highest BCUT2D eigenvalue weighted by atomic mass is 16.6. The Morgan fingerprint density at radius 3 is 2.24 bits per heavy atom. The van der Waals surface area contributed by atoms with Gasteiger partial charge in [-0.05, 0) is 25.1 Å². The second-order valence-corrected chi connectivity index (χ2v) is 5.34. The van der Waals surface area contributed by atoms with Gasteiger partial charge in [0.15, 0.2) is 5.78 Å². The van der Waals surface area contributed by atoms with Gasteiger partial charge in [-0.1, -0.05) is 6.92 Å². The van der Waals surface area contributed by atoms with Crippen LogP contribution in [0.5, 0.6) is 0 Å². The van der Waals surface area contributed by atoms with Gasteiger partial charge in [0.25, 0.3) is 5.69 Å². The van der Waals surface area contributed by atoms with Crippen molar-refractivity contribution in [3.05, 3.63) is 39.9 Å². The summed E-state index contributed by atoms with van der Waals surface area (Å²) in [5.74, 6) is 0.0221.